The Morgan fingerprint density at radius 3 is 2.58 bits per heavy atom. The van der Waals surface area contributed by atoms with Gasteiger partial charge in [-0.3, -0.25) is 14.5 Å². The molecule has 0 bridgehead atoms. The van der Waals surface area contributed by atoms with Crippen molar-refractivity contribution in [1.82, 2.24) is 20.1 Å². The predicted molar refractivity (Wildman–Crippen MR) is 109 cm³/mol. The summed E-state index contributed by atoms with van der Waals surface area (Å²) in [6, 6.07) is 14.9. The van der Waals surface area contributed by atoms with Gasteiger partial charge in [0.2, 0.25) is 5.91 Å². The average molecular weight is 452 g/mol. The highest BCUT2D eigenvalue weighted by molar-refractivity contribution is 9.10. The Kier molecular flexibility index (Phi) is 5.90. The molecule has 0 saturated heterocycles. The Morgan fingerprint density at radius 1 is 1.27 bits per heavy atom. The lowest BCUT2D eigenvalue weighted by Crippen LogP contribution is -2.30. The van der Waals surface area contributed by atoms with E-state index in [1.165, 1.54) is 0 Å². The highest BCUT2D eigenvalue weighted by atomic mass is 79.9. The number of carbonyl (C=O) groups excluding carboxylic acids is 1. The molecule has 0 saturated carbocycles. The summed E-state index contributed by atoms with van der Waals surface area (Å²) >= 11 is 14.6. The molecular weight excluding hydrogens is 436 g/mol. The van der Waals surface area contributed by atoms with E-state index in [1.54, 1.807) is 16.7 Å². The minimum Gasteiger partial charge on any atom is -0.348 e. The molecule has 5 nitrogen and oxygen atoms in total. The van der Waals surface area contributed by atoms with Crippen LogP contribution >= 0.6 is 39.7 Å². The number of benzene rings is 2. The SMILES string of the molecule is C[C@H](NC(=O)Cn1c(-c2ccc(Cl)cc2)n[nH]c1=S)c1ccc(Br)cc1. The van der Waals surface area contributed by atoms with E-state index in [4.69, 9.17) is 23.8 Å². The molecule has 0 aliphatic rings. The molecule has 1 amide bonds. The van der Waals surface area contributed by atoms with E-state index >= 15 is 0 Å². The maximum absolute atomic E-state index is 12.5. The normalized spacial score (nSPS) is 12.0. The van der Waals surface area contributed by atoms with Gasteiger partial charge in [0.25, 0.3) is 0 Å². The molecule has 134 valence electrons. The number of nitrogens with zero attached hydrogens (tertiary/aromatic N) is 2. The van der Waals surface area contributed by atoms with Crippen LogP contribution < -0.4 is 5.32 Å². The van der Waals surface area contributed by atoms with E-state index in [2.05, 4.69) is 31.4 Å². The number of nitrogens with one attached hydrogen (secondary N) is 2. The molecule has 0 spiro atoms. The van der Waals surface area contributed by atoms with Crippen LogP contribution in [-0.2, 0) is 11.3 Å². The number of hydrogen-bond acceptors (Lipinski definition) is 3. The summed E-state index contributed by atoms with van der Waals surface area (Å²) in [7, 11) is 0. The fourth-order valence-electron chi connectivity index (χ4n) is 2.55. The molecular formula is C18H16BrClN4OS. The second-order valence-corrected chi connectivity index (χ2v) is 7.52. The number of halogens is 2. The topological polar surface area (TPSA) is 62.7 Å². The van der Waals surface area contributed by atoms with Crippen LogP contribution in [0.3, 0.4) is 0 Å². The molecule has 8 heteroatoms. The van der Waals surface area contributed by atoms with Crippen molar-refractivity contribution in [2.24, 2.45) is 0 Å². The highest BCUT2D eigenvalue weighted by Crippen LogP contribution is 2.20. The first-order valence-electron chi connectivity index (χ1n) is 7.90. The molecule has 3 rings (SSSR count). The summed E-state index contributed by atoms with van der Waals surface area (Å²) in [6.07, 6.45) is 0. The predicted octanol–water partition coefficient (Wildman–Crippen LogP) is 4.90. The summed E-state index contributed by atoms with van der Waals surface area (Å²) in [6.45, 7) is 2.02. The Hall–Kier alpha value is -1.96. The molecule has 3 aromatic rings. The number of rotatable bonds is 5. The molecule has 1 aromatic heterocycles. The standard InChI is InChI=1S/C18H16BrClN4OS/c1-11(12-2-6-14(19)7-3-12)21-16(25)10-24-17(22-23-18(24)26)13-4-8-15(20)9-5-13/h2-9,11H,10H2,1H3,(H,21,25)(H,23,26)/t11-/m0/s1. The van der Waals surface area contributed by atoms with Gasteiger partial charge in [-0.25, -0.2) is 0 Å². The number of aromatic amines is 1. The van der Waals surface area contributed by atoms with Crippen molar-refractivity contribution in [2.45, 2.75) is 19.5 Å². The van der Waals surface area contributed by atoms with Crippen molar-refractivity contribution in [1.29, 1.82) is 0 Å². The summed E-state index contributed by atoms with van der Waals surface area (Å²) in [5.74, 6) is 0.450. The summed E-state index contributed by atoms with van der Waals surface area (Å²) in [4.78, 5) is 12.5. The van der Waals surface area contributed by atoms with Crippen molar-refractivity contribution in [3.63, 3.8) is 0 Å². The third-order valence-electron chi connectivity index (χ3n) is 3.91. The second-order valence-electron chi connectivity index (χ2n) is 5.79. The van der Waals surface area contributed by atoms with Crippen LogP contribution in [0.15, 0.2) is 53.0 Å². The van der Waals surface area contributed by atoms with E-state index in [0.29, 0.717) is 15.6 Å². The van der Waals surface area contributed by atoms with E-state index < -0.39 is 0 Å². The van der Waals surface area contributed by atoms with Crippen LogP contribution in [0.25, 0.3) is 11.4 Å². The van der Waals surface area contributed by atoms with Crippen LogP contribution in [0.4, 0.5) is 0 Å². The third kappa shape index (κ3) is 4.41. The fraction of sp³-hybridized carbons (Fsp3) is 0.167. The fourth-order valence-corrected chi connectivity index (χ4v) is 3.14. The van der Waals surface area contributed by atoms with Crippen LogP contribution in [0.5, 0.6) is 0 Å². The van der Waals surface area contributed by atoms with Crippen molar-refractivity contribution in [3.05, 3.63) is 68.4 Å². The largest absolute Gasteiger partial charge is 0.348 e. The zero-order chi connectivity index (χ0) is 18.7. The molecule has 0 aliphatic carbocycles. The lowest BCUT2D eigenvalue weighted by atomic mass is 10.1. The Balaban J connectivity index is 1.75. The van der Waals surface area contributed by atoms with Gasteiger partial charge in [-0.15, -0.1) is 0 Å². The van der Waals surface area contributed by atoms with Gasteiger partial charge in [0.1, 0.15) is 6.54 Å². The van der Waals surface area contributed by atoms with Gasteiger partial charge in [-0.1, -0.05) is 39.7 Å². The van der Waals surface area contributed by atoms with Crippen LogP contribution in [0, 0.1) is 4.77 Å². The minimum absolute atomic E-state index is 0.0775. The number of hydrogen-bond donors (Lipinski definition) is 2. The van der Waals surface area contributed by atoms with Gasteiger partial charge in [0.15, 0.2) is 10.6 Å². The van der Waals surface area contributed by atoms with Crippen LogP contribution in [0.2, 0.25) is 5.02 Å². The Labute approximate surface area is 169 Å². The second kappa shape index (κ2) is 8.16. The van der Waals surface area contributed by atoms with Crippen molar-refractivity contribution in [2.75, 3.05) is 0 Å². The number of carbonyl (C=O) groups is 1. The van der Waals surface area contributed by atoms with Crippen molar-refractivity contribution < 1.29 is 4.79 Å². The van der Waals surface area contributed by atoms with Gasteiger partial charge >= 0.3 is 0 Å². The molecule has 0 unspecified atom stereocenters. The number of H-pyrrole nitrogens is 1. The monoisotopic (exact) mass is 450 g/mol. The highest BCUT2D eigenvalue weighted by Gasteiger charge is 2.14. The van der Waals surface area contributed by atoms with E-state index in [1.807, 2.05) is 43.3 Å². The molecule has 0 aliphatic heterocycles. The van der Waals surface area contributed by atoms with Crippen LogP contribution in [0.1, 0.15) is 18.5 Å². The smallest absolute Gasteiger partial charge is 0.240 e. The molecule has 26 heavy (non-hydrogen) atoms. The minimum atomic E-state index is -0.145. The van der Waals surface area contributed by atoms with Crippen LogP contribution in [-0.4, -0.2) is 20.7 Å². The average Bonchev–Trinajstić information content (AvgIpc) is 2.97. The third-order valence-corrected chi connectivity index (χ3v) is 5.00. The molecule has 1 atom stereocenters. The van der Waals surface area contributed by atoms with Gasteiger partial charge in [-0.2, -0.15) is 5.10 Å². The van der Waals surface area contributed by atoms with E-state index in [-0.39, 0.29) is 18.5 Å². The maximum Gasteiger partial charge on any atom is 0.240 e. The molecule has 0 radical (unpaired) electrons. The summed E-state index contributed by atoms with van der Waals surface area (Å²) < 4.78 is 3.06. The first kappa shape index (κ1) is 18.8. The molecule has 0 fully saturated rings. The van der Waals surface area contributed by atoms with Gasteiger partial charge in [0.05, 0.1) is 6.04 Å². The van der Waals surface area contributed by atoms with E-state index in [9.17, 15) is 4.79 Å². The maximum atomic E-state index is 12.5. The number of aromatic nitrogens is 3. The number of amides is 1. The lowest BCUT2D eigenvalue weighted by Gasteiger charge is -2.15. The van der Waals surface area contributed by atoms with E-state index in [0.717, 1.165) is 15.6 Å². The summed E-state index contributed by atoms with van der Waals surface area (Å²) in [5.41, 5.74) is 1.85. The van der Waals surface area contributed by atoms with Crippen molar-refractivity contribution >= 4 is 45.7 Å². The van der Waals surface area contributed by atoms with Crippen molar-refractivity contribution in [3.8, 4) is 11.4 Å². The first-order valence-corrected chi connectivity index (χ1v) is 9.48. The van der Waals surface area contributed by atoms with Gasteiger partial charge in [-0.05, 0) is 61.1 Å². The first-order chi connectivity index (χ1) is 12.4. The zero-order valence-electron chi connectivity index (χ0n) is 13.9. The molecule has 2 N–H and O–H groups in total. The zero-order valence-corrected chi connectivity index (χ0v) is 17.0. The Bertz CT molecular complexity index is 966. The van der Waals surface area contributed by atoms with Gasteiger partial charge in [0, 0.05) is 15.1 Å². The summed E-state index contributed by atoms with van der Waals surface area (Å²) in [5, 5.41) is 10.6. The van der Waals surface area contributed by atoms with Gasteiger partial charge < -0.3 is 5.32 Å². The quantitative estimate of drug-likeness (QED) is 0.542. The Morgan fingerprint density at radius 2 is 1.92 bits per heavy atom. The molecule has 2 aromatic carbocycles. The lowest BCUT2D eigenvalue weighted by molar-refractivity contribution is -0.122. The molecule has 1 heterocycles.